The summed E-state index contributed by atoms with van der Waals surface area (Å²) in [6, 6.07) is 16.3. The van der Waals surface area contributed by atoms with Gasteiger partial charge in [0.25, 0.3) is 0 Å². The van der Waals surface area contributed by atoms with Crippen molar-refractivity contribution in [3.63, 3.8) is 0 Å². The standard InChI is InChI=1S/C19H23NO/c1-4-16-12-8-9-14(2)19(16)20-18(21)13-15(3)17-10-6-5-7-11-17/h5-12,15H,4,13H2,1-3H3,(H,20,21)/t15-/m0/s1. The molecule has 0 aliphatic carbocycles. The summed E-state index contributed by atoms with van der Waals surface area (Å²) in [4.78, 5) is 12.3. The smallest absolute Gasteiger partial charge is 0.224 e. The zero-order valence-electron chi connectivity index (χ0n) is 13.0. The van der Waals surface area contributed by atoms with E-state index in [-0.39, 0.29) is 11.8 Å². The summed E-state index contributed by atoms with van der Waals surface area (Å²) >= 11 is 0. The largest absolute Gasteiger partial charge is 0.326 e. The van der Waals surface area contributed by atoms with Crippen molar-refractivity contribution in [1.29, 1.82) is 0 Å². The minimum absolute atomic E-state index is 0.0790. The monoisotopic (exact) mass is 281 g/mol. The van der Waals surface area contributed by atoms with Crippen molar-refractivity contribution in [2.45, 2.75) is 39.5 Å². The van der Waals surface area contributed by atoms with Crippen molar-refractivity contribution in [2.24, 2.45) is 0 Å². The fraction of sp³-hybridized carbons (Fsp3) is 0.316. The Morgan fingerprint density at radius 3 is 2.48 bits per heavy atom. The molecule has 2 aromatic carbocycles. The number of anilines is 1. The summed E-state index contributed by atoms with van der Waals surface area (Å²) in [7, 11) is 0. The lowest BCUT2D eigenvalue weighted by atomic mass is 9.97. The molecular weight excluding hydrogens is 258 g/mol. The third-order valence-corrected chi connectivity index (χ3v) is 3.86. The van der Waals surface area contributed by atoms with Crippen LogP contribution in [0.25, 0.3) is 0 Å². The van der Waals surface area contributed by atoms with Gasteiger partial charge in [-0.1, -0.05) is 62.4 Å². The lowest BCUT2D eigenvalue weighted by Crippen LogP contribution is -2.16. The van der Waals surface area contributed by atoms with E-state index in [1.807, 2.05) is 37.3 Å². The van der Waals surface area contributed by atoms with E-state index in [1.165, 1.54) is 11.1 Å². The first kappa shape index (κ1) is 15.3. The van der Waals surface area contributed by atoms with E-state index in [9.17, 15) is 4.79 Å². The van der Waals surface area contributed by atoms with Gasteiger partial charge < -0.3 is 5.32 Å². The molecule has 2 rings (SSSR count). The van der Waals surface area contributed by atoms with Gasteiger partial charge in [-0.25, -0.2) is 0 Å². The van der Waals surface area contributed by atoms with Crippen molar-refractivity contribution < 1.29 is 4.79 Å². The molecule has 1 N–H and O–H groups in total. The zero-order valence-corrected chi connectivity index (χ0v) is 13.0. The molecule has 0 fully saturated rings. The molecule has 2 nitrogen and oxygen atoms in total. The molecule has 0 saturated carbocycles. The topological polar surface area (TPSA) is 29.1 Å². The van der Waals surface area contributed by atoms with E-state index in [1.54, 1.807) is 0 Å². The molecule has 1 atom stereocenters. The van der Waals surface area contributed by atoms with Gasteiger partial charge in [-0.05, 0) is 36.0 Å². The molecule has 0 heterocycles. The molecule has 0 spiro atoms. The van der Waals surface area contributed by atoms with Gasteiger partial charge in [0.1, 0.15) is 0 Å². The van der Waals surface area contributed by atoms with Gasteiger partial charge in [-0.3, -0.25) is 4.79 Å². The second-order valence-electron chi connectivity index (χ2n) is 5.53. The first-order valence-corrected chi connectivity index (χ1v) is 7.55. The Balaban J connectivity index is 2.06. The molecule has 21 heavy (non-hydrogen) atoms. The maximum Gasteiger partial charge on any atom is 0.224 e. The number of aryl methyl sites for hydroxylation is 2. The molecule has 0 saturated heterocycles. The summed E-state index contributed by atoms with van der Waals surface area (Å²) in [5.74, 6) is 0.302. The van der Waals surface area contributed by atoms with E-state index in [0.717, 1.165) is 17.7 Å². The van der Waals surface area contributed by atoms with Gasteiger partial charge in [0.15, 0.2) is 0 Å². The molecule has 1 amide bonds. The summed E-state index contributed by atoms with van der Waals surface area (Å²) in [6.45, 7) is 6.24. The second-order valence-corrected chi connectivity index (χ2v) is 5.53. The molecule has 0 radical (unpaired) electrons. The lowest BCUT2D eigenvalue weighted by molar-refractivity contribution is -0.116. The normalized spacial score (nSPS) is 12.0. The van der Waals surface area contributed by atoms with E-state index in [4.69, 9.17) is 0 Å². The van der Waals surface area contributed by atoms with Gasteiger partial charge in [-0.15, -0.1) is 0 Å². The number of hydrogen-bond acceptors (Lipinski definition) is 1. The number of amides is 1. The highest BCUT2D eigenvalue weighted by molar-refractivity contribution is 5.92. The number of nitrogens with one attached hydrogen (secondary N) is 1. The van der Waals surface area contributed by atoms with Crippen LogP contribution in [0.4, 0.5) is 5.69 Å². The molecule has 0 aromatic heterocycles. The Bertz CT molecular complexity index is 604. The third-order valence-electron chi connectivity index (χ3n) is 3.86. The Kier molecular flexibility index (Phi) is 5.15. The average Bonchev–Trinajstić information content (AvgIpc) is 2.50. The van der Waals surface area contributed by atoms with Crippen LogP contribution in [0.15, 0.2) is 48.5 Å². The Labute approximate surface area is 127 Å². The highest BCUT2D eigenvalue weighted by atomic mass is 16.1. The number of carbonyl (C=O) groups excluding carboxylic acids is 1. The molecular formula is C19H23NO. The van der Waals surface area contributed by atoms with Crippen molar-refractivity contribution in [2.75, 3.05) is 5.32 Å². The van der Waals surface area contributed by atoms with E-state index < -0.39 is 0 Å². The van der Waals surface area contributed by atoms with Crippen LogP contribution in [0, 0.1) is 6.92 Å². The van der Waals surface area contributed by atoms with Crippen LogP contribution in [0.5, 0.6) is 0 Å². The predicted octanol–water partition coefficient (Wildman–Crippen LogP) is 4.69. The third kappa shape index (κ3) is 3.94. The maximum atomic E-state index is 12.3. The number of para-hydroxylation sites is 1. The summed E-state index contributed by atoms with van der Waals surface area (Å²) < 4.78 is 0. The van der Waals surface area contributed by atoms with Gasteiger partial charge >= 0.3 is 0 Å². The fourth-order valence-corrected chi connectivity index (χ4v) is 2.57. The van der Waals surface area contributed by atoms with Crippen LogP contribution >= 0.6 is 0 Å². The number of rotatable bonds is 5. The van der Waals surface area contributed by atoms with Crippen LogP contribution in [0.2, 0.25) is 0 Å². The second kappa shape index (κ2) is 7.07. The average molecular weight is 281 g/mol. The van der Waals surface area contributed by atoms with Crippen LogP contribution < -0.4 is 5.32 Å². The molecule has 2 heteroatoms. The maximum absolute atomic E-state index is 12.3. The minimum atomic E-state index is 0.0790. The van der Waals surface area contributed by atoms with Gasteiger partial charge in [0, 0.05) is 12.1 Å². The SMILES string of the molecule is CCc1cccc(C)c1NC(=O)C[C@H](C)c1ccccc1. The Morgan fingerprint density at radius 1 is 1.10 bits per heavy atom. The van der Waals surface area contributed by atoms with Crippen LogP contribution in [-0.4, -0.2) is 5.91 Å². The van der Waals surface area contributed by atoms with Gasteiger partial charge in [-0.2, -0.15) is 0 Å². The van der Waals surface area contributed by atoms with Gasteiger partial charge in [0.05, 0.1) is 0 Å². The van der Waals surface area contributed by atoms with Crippen molar-refractivity contribution in [3.8, 4) is 0 Å². The van der Waals surface area contributed by atoms with Gasteiger partial charge in [0.2, 0.25) is 5.91 Å². The quantitative estimate of drug-likeness (QED) is 0.846. The summed E-state index contributed by atoms with van der Waals surface area (Å²) in [6.07, 6.45) is 1.42. The first-order chi connectivity index (χ1) is 10.1. The molecule has 110 valence electrons. The highest BCUT2D eigenvalue weighted by Gasteiger charge is 2.13. The minimum Gasteiger partial charge on any atom is -0.326 e. The number of carbonyl (C=O) groups is 1. The van der Waals surface area contributed by atoms with Crippen molar-refractivity contribution >= 4 is 11.6 Å². The fourth-order valence-electron chi connectivity index (χ4n) is 2.57. The van der Waals surface area contributed by atoms with Crippen LogP contribution in [0.1, 0.15) is 42.9 Å². The van der Waals surface area contributed by atoms with E-state index in [2.05, 4.69) is 37.4 Å². The highest BCUT2D eigenvalue weighted by Crippen LogP contribution is 2.23. The molecule has 2 aromatic rings. The molecule has 0 unspecified atom stereocenters. The molecule has 0 aliphatic heterocycles. The summed E-state index contributed by atoms with van der Waals surface area (Å²) in [5, 5.41) is 3.09. The Morgan fingerprint density at radius 2 is 1.81 bits per heavy atom. The predicted molar refractivity (Wildman–Crippen MR) is 88.7 cm³/mol. The number of hydrogen-bond donors (Lipinski definition) is 1. The zero-order chi connectivity index (χ0) is 15.2. The van der Waals surface area contributed by atoms with Crippen LogP contribution in [-0.2, 0) is 11.2 Å². The summed E-state index contributed by atoms with van der Waals surface area (Å²) in [5.41, 5.74) is 4.49. The first-order valence-electron chi connectivity index (χ1n) is 7.55. The molecule has 0 bridgehead atoms. The lowest BCUT2D eigenvalue weighted by Gasteiger charge is -2.15. The van der Waals surface area contributed by atoms with Crippen molar-refractivity contribution in [1.82, 2.24) is 0 Å². The van der Waals surface area contributed by atoms with Crippen LogP contribution in [0.3, 0.4) is 0 Å². The van der Waals surface area contributed by atoms with E-state index >= 15 is 0 Å². The number of benzene rings is 2. The van der Waals surface area contributed by atoms with Crippen molar-refractivity contribution in [3.05, 3.63) is 65.2 Å². The molecule has 0 aliphatic rings. The Hall–Kier alpha value is -2.09. The van der Waals surface area contributed by atoms with E-state index in [0.29, 0.717) is 6.42 Å².